The highest BCUT2D eigenvalue weighted by atomic mass is 16.5. The minimum Gasteiger partial charge on any atom is -0.481 e. The molecule has 0 aliphatic heterocycles. The van der Waals surface area contributed by atoms with E-state index in [9.17, 15) is 4.79 Å². The van der Waals surface area contributed by atoms with Gasteiger partial charge in [-0.2, -0.15) is 0 Å². The van der Waals surface area contributed by atoms with Crippen molar-refractivity contribution in [2.24, 2.45) is 0 Å². The Morgan fingerprint density at radius 3 is 1.74 bits per heavy atom. The van der Waals surface area contributed by atoms with E-state index in [0.717, 1.165) is 12.8 Å². The van der Waals surface area contributed by atoms with Crippen molar-refractivity contribution >= 4 is 5.97 Å². The molecule has 0 heterocycles. The molecule has 0 aliphatic rings. The Morgan fingerprint density at radius 1 is 0.742 bits per heavy atom. The van der Waals surface area contributed by atoms with E-state index in [1.165, 1.54) is 56.1 Å². The minimum absolute atomic E-state index is 0.330. The van der Waals surface area contributed by atoms with Gasteiger partial charge in [0.15, 0.2) is 0 Å². The maximum Gasteiger partial charge on any atom is 0.303 e. The Labute approximate surface area is 189 Å². The molecular formula is C28H40O3. The molecule has 3 heteroatoms. The minimum atomic E-state index is -0.668. The topological polar surface area (TPSA) is 46.5 Å². The molecule has 0 fully saturated rings. The van der Waals surface area contributed by atoms with E-state index in [4.69, 9.17) is 9.84 Å². The quantitative estimate of drug-likeness (QED) is 0.233. The van der Waals surface area contributed by atoms with Gasteiger partial charge in [-0.05, 0) is 36.8 Å². The summed E-state index contributed by atoms with van der Waals surface area (Å²) in [7, 11) is 0. The lowest BCUT2D eigenvalue weighted by atomic mass is 10.1. The average molecular weight is 425 g/mol. The third-order valence-electron chi connectivity index (χ3n) is 4.88. The summed E-state index contributed by atoms with van der Waals surface area (Å²) < 4.78 is 5.61. The van der Waals surface area contributed by atoms with Crippen molar-refractivity contribution in [3.63, 3.8) is 0 Å². The largest absolute Gasteiger partial charge is 0.481 e. The van der Waals surface area contributed by atoms with Gasteiger partial charge in [0.05, 0.1) is 13.2 Å². The van der Waals surface area contributed by atoms with Crippen LogP contribution < -0.4 is 0 Å². The van der Waals surface area contributed by atoms with Gasteiger partial charge in [-0.1, -0.05) is 112 Å². The van der Waals surface area contributed by atoms with Gasteiger partial charge >= 0.3 is 5.97 Å². The number of benzene rings is 2. The van der Waals surface area contributed by atoms with Gasteiger partial charge < -0.3 is 9.84 Å². The summed E-state index contributed by atoms with van der Waals surface area (Å²) in [5.74, 6) is -0.668. The van der Waals surface area contributed by atoms with Gasteiger partial charge in [0.2, 0.25) is 0 Å². The normalized spacial score (nSPS) is 10.6. The maximum atomic E-state index is 10.3. The molecule has 0 radical (unpaired) electrons. The number of hydrogen-bond acceptors (Lipinski definition) is 2. The summed E-state index contributed by atoms with van der Waals surface area (Å²) in [5.41, 5.74) is 2.43. The standard InChI is InChI=1S/C14H26O2.C14H14O/c1-2-3-4-5-6-7-8-9-10-11-12-13-14(15)16;1-3-7-13(8-4-1)11-15-12-14-9-5-2-6-10-14/h5-6H,2-4,7-13H2,1H3,(H,15,16);1-10H,11-12H2/b6-5-;. The van der Waals surface area contributed by atoms with Gasteiger partial charge in [-0.15, -0.1) is 0 Å². The lowest BCUT2D eigenvalue weighted by Crippen LogP contribution is -1.93. The highest BCUT2D eigenvalue weighted by Gasteiger charge is 1.96. The van der Waals surface area contributed by atoms with Crippen LogP contribution in [-0.2, 0) is 22.7 Å². The Morgan fingerprint density at radius 2 is 1.23 bits per heavy atom. The van der Waals surface area contributed by atoms with Crippen LogP contribution in [0.2, 0.25) is 0 Å². The molecule has 3 nitrogen and oxygen atoms in total. The zero-order chi connectivity index (χ0) is 22.4. The Kier molecular flexibility index (Phi) is 16.8. The highest BCUT2D eigenvalue weighted by Crippen LogP contribution is 2.08. The zero-order valence-corrected chi connectivity index (χ0v) is 19.2. The summed E-state index contributed by atoms with van der Waals surface area (Å²) >= 11 is 0. The summed E-state index contributed by atoms with van der Waals surface area (Å²) in [6.45, 7) is 3.57. The smallest absolute Gasteiger partial charge is 0.303 e. The van der Waals surface area contributed by atoms with E-state index in [1.54, 1.807) is 0 Å². The highest BCUT2D eigenvalue weighted by molar-refractivity contribution is 5.66. The van der Waals surface area contributed by atoms with Crippen LogP contribution in [0, 0.1) is 0 Å². The molecule has 0 saturated heterocycles. The molecule has 0 atom stereocenters. The van der Waals surface area contributed by atoms with Crippen molar-refractivity contribution in [1.29, 1.82) is 0 Å². The van der Waals surface area contributed by atoms with E-state index in [-0.39, 0.29) is 0 Å². The molecule has 0 aromatic heterocycles. The predicted octanol–water partition coefficient (Wildman–Crippen LogP) is 7.95. The van der Waals surface area contributed by atoms with Crippen molar-refractivity contribution in [2.45, 2.75) is 84.3 Å². The Hall–Kier alpha value is -2.39. The first-order chi connectivity index (χ1) is 15.2. The molecule has 0 spiro atoms. The van der Waals surface area contributed by atoms with Crippen LogP contribution in [-0.4, -0.2) is 11.1 Å². The van der Waals surface area contributed by atoms with E-state index in [2.05, 4.69) is 43.3 Å². The van der Waals surface area contributed by atoms with Gasteiger partial charge in [-0.3, -0.25) is 4.79 Å². The fourth-order valence-corrected chi connectivity index (χ4v) is 3.06. The van der Waals surface area contributed by atoms with Gasteiger partial charge in [0.1, 0.15) is 0 Å². The Bertz CT molecular complexity index is 640. The molecule has 31 heavy (non-hydrogen) atoms. The number of allylic oxidation sites excluding steroid dienone is 2. The van der Waals surface area contributed by atoms with Crippen molar-refractivity contribution in [3.8, 4) is 0 Å². The van der Waals surface area contributed by atoms with Crippen molar-refractivity contribution in [1.82, 2.24) is 0 Å². The van der Waals surface area contributed by atoms with E-state index < -0.39 is 5.97 Å². The third kappa shape index (κ3) is 17.0. The van der Waals surface area contributed by atoms with Crippen LogP contribution in [0.5, 0.6) is 0 Å². The van der Waals surface area contributed by atoms with E-state index in [1.807, 2.05) is 36.4 Å². The van der Waals surface area contributed by atoms with E-state index >= 15 is 0 Å². The van der Waals surface area contributed by atoms with E-state index in [0.29, 0.717) is 19.6 Å². The third-order valence-corrected chi connectivity index (χ3v) is 4.88. The summed E-state index contributed by atoms with van der Waals surface area (Å²) in [5, 5.41) is 8.45. The van der Waals surface area contributed by atoms with Gasteiger partial charge in [0, 0.05) is 6.42 Å². The number of carbonyl (C=O) groups is 1. The number of ether oxygens (including phenoxy) is 1. The van der Waals surface area contributed by atoms with Crippen LogP contribution in [0.4, 0.5) is 0 Å². The van der Waals surface area contributed by atoms with Crippen LogP contribution in [0.3, 0.4) is 0 Å². The first kappa shape index (κ1) is 26.6. The van der Waals surface area contributed by atoms with Crippen molar-refractivity contribution in [2.75, 3.05) is 0 Å². The first-order valence-electron chi connectivity index (χ1n) is 11.7. The molecule has 0 bridgehead atoms. The molecule has 2 rings (SSSR count). The lowest BCUT2D eigenvalue weighted by Gasteiger charge is -2.03. The fourth-order valence-electron chi connectivity index (χ4n) is 3.06. The molecule has 170 valence electrons. The molecular weight excluding hydrogens is 384 g/mol. The summed E-state index contributed by atoms with van der Waals surface area (Å²) in [6.07, 6.45) is 15.4. The second-order valence-electron chi connectivity index (χ2n) is 7.78. The second kappa shape index (κ2) is 19.6. The average Bonchev–Trinajstić information content (AvgIpc) is 2.79. The monoisotopic (exact) mass is 424 g/mol. The zero-order valence-electron chi connectivity index (χ0n) is 19.2. The predicted molar refractivity (Wildman–Crippen MR) is 130 cm³/mol. The maximum absolute atomic E-state index is 10.3. The molecule has 0 aliphatic carbocycles. The number of unbranched alkanes of at least 4 members (excludes halogenated alkanes) is 7. The molecule has 0 amide bonds. The van der Waals surface area contributed by atoms with Crippen LogP contribution >= 0.6 is 0 Å². The van der Waals surface area contributed by atoms with Crippen LogP contribution in [0.15, 0.2) is 72.8 Å². The summed E-state index contributed by atoms with van der Waals surface area (Å²) in [4.78, 5) is 10.3. The molecule has 0 unspecified atom stereocenters. The molecule has 1 N–H and O–H groups in total. The Balaban J connectivity index is 0.000000310. The van der Waals surface area contributed by atoms with Crippen molar-refractivity contribution < 1.29 is 14.6 Å². The fraction of sp³-hybridized carbons (Fsp3) is 0.464. The van der Waals surface area contributed by atoms with Gasteiger partial charge in [-0.25, -0.2) is 0 Å². The van der Waals surface area contributed by atoms with Crippen molar-refractivity contribution in [3.05, 3.63) is 83.9 Å². The molecule has 2 aromatic rings. The number of carboxylic acid groups (broad SMARTS) is 1. The number of carboxylic acids is 1. The molecule has 0 saturated carbocycles. The molecule has 2 aromatic carbocycles. The first-order valence-corrected chi connectivity index (χ1v) is 11.7. The van der Waals surface area contributed by atoms with Gasteiger partial charge in [0.25, 0.3) is 0 Å². The number of hydrogen-bond donors (Lipinski definition) is 1. The lowest BCUT2D eigenvalue weighted by molar-refractivity contribution is -0.137. The number of aliphatic carboxylic acids is 1. The SMILES string of the molecule is CCCC/C=C\CCCCCCCC(=O)O.c1ccc(COCc2ccccc2)cc1. The summed E-state index contributed by atoms with van der Waals surface area (Å²) in [6, 6.07) is 20.4. The number of rotatable bonds is 15. The van der Waals surface area contributed by atoms with Crippen LogP contribution in [0.1, 0.15) is 82.3 Å². The second-order valence-corrected chi connectivity index (χ2v) is 7.78. The van der Waals surface area contributed by atoms with Crippen LogP contribution in [0.25, 0.3) is 0 Å².